The highest BCUT2D eigenvalue weighted by molar-refractivity contribution is 4.87. The van der Waals surface area contributed by atoms with E-state index in [9.17, 15) is 0 Å². The first-order valence-corrected chi connectivity index (χ1v) is 5.70. The molecular formula is C12H23NO. The molecule has 0 bridgehead atoms. The van der Waals surface area contributed by atoms with Crippen LogP contribution in [0.1, 0.15) is 45.4 Å². The van der Waals surface area contributed by atoms with Crippen molar-refractivity contribution < 1.29 is 4.74 Å². The first-order chi connectivity index (χ1) is 6.72. The van der Waals surface area contributed by atoms with Gasteiger partial charge in [-0.05, 0) is 19.8 Å². The highest BCUT2D eigenvalue weighted by Crippen LogP contribution is 2.18. The fourth-order valence-corrected chi connectivity index (χ4v) is 2.16. The summed E-state index contributed by atoms with van der Waals surface area (Å²) in [7, 11) is 1.69. The largest absolute Gasteiger partial charge is 0.502 e. The van der Waals surface area contributed by atoms with Crippen molar-refractivity contribution in [3.8, 4) is 0 Å². The second kappa shape index (κ2) is 6.07. The Balaban J connectivity index is 2.18. The lowest BCUT2D eigenvalue weighted by Gasteiger charge is -2.26. The Morgan fingerprint density at radius 2 is 2.07 bits per heavy atom. The molecule has 0 aromatic carbocycles. The zero-order valence-electron chi connectivity index (χ0n) is 9.51. The maximum Gasteiger partial charge on any atom is 0.0899 e. The molecule has 0 spiro atoms. The summed E-state index contributed by atoms with van der Waals surface area (Å²) in [5.41, 5.74) is 0. The molecule has 0 aromatic heterocycles. The van der Waals surface area contributed by atoms with Gasteiger partial charge in [-0.2, -0.15) is 0 Å². The van der Waals surface area contributed by atoms with Crippen LogP contribution in [0.25, 0.3) is 0 Å². The van der Waals surface area contributed by atoms with Crippen molar-refractivity contribution in [2.24, 2.45) is 0 Å². The van der Waals surface area contributed by atoms with Crippen LogP contribution < -0.4 is 5.32 Å². The molecule has 14 heavy (non-hydrogen) atoms. The molecule has 1 atom stereocenters. The van der Waals surface area contributed by atoms with E-state index in [1.54, 1.807) is 7.11 Å². The summed E-state index contributed by atoms with van der Waals surface area (Å²) in [4.78, 5) is 0. The minimum atomic E-state index is 0.491. The molecule has 1 saturated carbocycles. The molecule has 2 heteroatoms. The third-order valence-electron chi connectivity index (χ3n) is 2.95. The molecule has 1 rings (SSSR count). The van der Waals surface area contributed by atoms with E-state index in [4.69, 9.17) is 4.74 Å². The van der Waals surface area contributed by atoms with Crippen molar-refractivity contribution in [1.82, 2.24) is 5.32 Å². The van der Waals surface area contributed by atoms with E-state index in [2.05, 4.69) is 18.8 Å². The molecule has 1 N–H and O–H groups in total. The summed E-state index contributed by atoms with van der Waals surface area (Å²) in [6.45, 7) is 6.05. The van der Waals surface area contributed by atoms with Crippen LogP contribution in [0, 0.1) is 0 Å². The van der Waals surface area contributed by atoms with Crippen molar-refractivity contribution >= 4 is 0 Å². The number of rotatable bonds is 5. The zero-order chi connectivity index (χ0) is 10.4. The molecule has 0 heterocycles. The van der Waals surface area contributed by atoms with Crippen LogP contribution in [0.5, 0.6) is 0 Å². The Kier molecular flexibility index (Phi) is 5.02. The summed E-state index contributed by atoms with van der Waals surface area (Å²) in [5, 5.41) is 3.64. The zero-order valence-corrected chi connectivity index (χ0v) is 9.51. The lowest BCUT2D eigenvalue weighted by atomic mass is 9.95. The van der Waals surface area contributed by atoms with Crippen molar-refractivity contribution in [1.29, 1.82) is 0 Å². The van der Waals surface area contributed by atoms with Gasteiger partial charge in [0, 0.05) is 18.5 Å². The van der Waals surface area contributed by atoms with Gasteiger partial charge in [0.15, 0.2) is 0 Å². The first-order valence-electron chi connectivity index (χ1n) is 5.70. The van der Waals surface area contributed by atoms with Crippen LogP contribution in [0.2, 0.25) is 0 Å². The number of methoxy groups -OCH3 is 1. The molecule has 0 radical (unpaired) electrons. The fourth-order valence-electron chi connectivity index (χ4n) is 2.16. The lowest BCUT2D eigenvalue weighted by Crippen LogP contribution is -2.38. The average Bonchev–Trinajstić information content (AvgIpc) is 2.19. The molecule has 0 aliphatic heterocycles. The van der Waals surface area contributed by atoms with Gasteiger partial charge in [-0.3, -0.25) is 0 Å². The number of ether oxygens (including phenoxy) is 1. The summed E-state index contributed by atoms with van der Waals surface area (Å²) >= 11 is 0. The number of nitrogens with one attached hydrogen (secondary N) is 1. The molecule has 1 fully saturated rings. The maximum absolute atomic E-state index is 5.08. The topological polar surface area (TPSA) is 21.3 Å². The van der Waals surface area contributed by atoms with Crippen LogP contribution in [0.3, 0.4) is 0 Å². The quantitative estimate of drug-likeness (QED) is 0.684. The van der Waals surface area contributed by atoms with Crippen molar-refractivity contribution in [2.45, 2.75) is 57.5 Å². The molecule has 0 saturated heterocycles. The van der Waals surface area contributed by atoms with Crippen molar-refractivity contribution in [3.63, 3.8) is 0 Å². The Morgan fingerprint density at radius 3 is 2.64 bits per heavy atom. The molecule has 1 aliphatic rings. The van der Waals surface area contributed by atoms with Crippen LogP contribution in [-0.2, 0) is 4.74 Å². The summed E-state index contributed by atoms with van der Waals surface area (Å²) in [5.74, 6) is 0.876. The van der Waals surface area contributed by atoms with E-state index in [1.807, 2.05) is 0 Å². The minimum Gasteiger partial charge on any atom is -0.502 e. The van der Waals surface area contributed by atoms with Gasteiger partial charge < -0.3 is 10.1 Å². The Hall–Kier alpha value is -0.500. The lowest BCUT2D eigenvalue weighted by molar-refractivity contribution is 0.258. The predicted octanol–water partition coefficient (Wildman–Crippen LogP) is 2.85. The van der Waals surface area contributed by atoms with Crippen molar-refractivity contribution in [3.05, 3.63) is 12.3 Å². The van der Waals surface area contributed by atoms with Crippen LogP contribution >= 0.6 is 0 Å². The van der Waals surface area contributed by atoms with Gasteiger partial charge in [-0.15, -0.1) is 0 Å². The number of hydrogen-bond acceptors (Lipinski definition) is 2. The molecule has 82 valence electrons. The van der Waals surface area contributed by atoms with E-state index < -0.39 is 0 Å². The van der Waals surface area contributed by atoms with Crippen LogP contribution in [0.4, 0.5) is 0 Å². The molecule has 0 amide bonds. The van der Waals surface area contributed by atoms with Gasteiger partial charge in [0.25, 0.3) is 0 Å². The van der Waals surface area contributed by atoms with Crippen LogP contribution in [-0.4, -0.2) is 19.2 Å². The van der Waals surface area contributed by atoms with E-state index in [0.717, 1.165) is 18.2 Å². The fraction of sp³-hybridized carbons (Fsp3) is 0.833. The van der Waals surface area contributed by atoms with Gasteiger partial charge in [0.1, 0.15) is 0 Å². The molecule has 0 aromatic rings. The van der Waals surface area contributed by atoms with E-state index in [-0.39, 0.29) is 0 Å². The summed E-state index contributed by atoms with van der Waals surface area (Å²) in [6, 6.07) is 1.22. The normalized spacial score (nSPS) is 20.4. The summed E-state index contributed by atoms with van der Waals surface area (Å²) < 4.78 is 5.08. The molecule has 1 unspecified atom stereocenters. The average molecular weight is 197 g/mol. The third kappa shape index (κ3) is 4.14. The Morgan fingerprint density at radius 1 is 1.43 bits per heavy atom. The highest BCUT2D eigenvalue weighted by atomic mass is 16.5. The molecule has 1 aliphatic carbocycles. The Bertz CT molecular complexity index is 173. The van der Waals surface area contributed by atoms with Gasteiger partial charge in [0.2, 0.25) is 0 Å². The van der Waals surface area contributed by atoms with E-state index in [0.29, 0.717) is 6.04 Å². The first kappa shape index (κ1) is 11.6. The predicted molar refractivity (Wildman–Crippen MR) is 60.2 cm³/mol. The number of hydrogen-bond donors (Lipinski definition) is 1. The van der Waals surface area contributed by atoms with Gasteiger partial charge in [-0.25, -0.2) is 0 Å². The standard InChI is InChI=1S/C12H23NO/c1-10(9-11(2)14-3)13-12-7-5-4-6-8-12/h10,12-13H,2,4-9H2,1,3H3. The second-order valence-corrected chi connectivity index (χ2v) is 4.35. The highest BCUT2D eigenvalue weighted by Gasteiger charge is 2.15. The van der Waals surface area contributed by atoms with Gasteiger partial charge >= 0.3 is 0 Å². The third-order valence-corrected chi connectivity index (χ3v) is 2.95. The maximum atomic E-state index is 5.08. The van der Waals surface area contributed by atoms with E-state index in [1.165, 1.54) is 32.1 Å². The van der Waals surface area contributed by atoms with Crippen molar-refractivity contribution in [2.75, 3.05) is 7.11 Å². The monoisotopic (exact) mass is 197 g/mol. The van der Waals surface area contributed by atoms with Crippen LogP contribution in [0.15, 0.2) is 12.3 Å². The SMILES string of the molecule is C=C(CC(C)NC1CCCCC1)OC. The smallest absolute Gasteiger partial charge is 0.0899 e. The van der Waals surface area contributed by atoms with Gasteiger partial charge in [0.05, 0.1) is 12.9 Å². The minimum absolute atomic E-state index is 0.491. The molecule has 2 nitrogen and oxygen atoms in total. The summed E-state index contributed by atoms with van der Waals surface area (Å²) in [6.07, 6.45) is 7.78. The van der Waals surface area contributed by atoms with E-state index >= 15 is 0 Å². The second-order valence-electron chi connectivity index (χ2n) is 4.35. The Labute approximate surface area is 87.7 Å². The molecular weight excluding hydrogens is 174 g/mol. The van der Waals surface area contributed by atoms with Gasteiger partial charge in [-0.1, -0.05) is 25.8 Å².